The number of benzene rings is 1. The number of pyridine rings is 1. The van der Waals surface area contributed by atoms with Gasteiger partial charge in [0, 0.05) is 24.5 Å². The minimum atomic E-state index is -3.80. The molecule has 1 saturated heterocycles. The normalized spacial score (nSPS) is 19.2. The van der Waals surface area contributed by atoms with Crippen LogP contribution in [-0.2, 0) is 26.2 Å². The SMILES string of the molecule is O=C(NCc1cccnc1)c1cccc(S(=O)(=O)[C@H]2CCS(=O)(=O)C2)c1. The Bertz CT molecular complexity index is 1020. The highest BCUT2D eigenvalue weighted by Gasteiger charge is 2.38. The van der Waals surface area contributed by atoms with E-state index in [1.54, 1.807) is 18.5 Å². The van der Waals surface area contributed by atoms with E-state index in [1.807, 2.05) is 6.07 Å². The first-order valence-corrected chi connectivity index (χ1v) is 11.4. The van der Waals surface area contributed by atoms with Crippen molar-refractivity contribution in [3.63, 3.8) is 0 Å². The fraction of sp³-hybridized carbons (Fsp3) is 0.294. The number of nitrogens with zero attached hydrogens (tertiary/aromatic N) is 1. The molecule has 1 aromatic heterocycles. The Labute approximate surface area is 152 Å². The van der Waals surface area contributed by atoms with E-state index in [0.29, 0.717) is 0 Å². The maximum Gasteiger partial charge on any atom is 0.251 e. The Morgan fingerprint density at radius 1 is 1.23 bits per heavy atom. The summed E-state index contributed by atoms with van der Waals surface area (Å²) in [7, 11) is -7.12. The zero-order chi connectivity index (χ0) is 18.8. The zero-order valence-electron chi connectivity index (χ0n) is 13.8. The smallest absolute Gasteiger partial charge is 0.251 e. The first-order chi connectivity index (χ1) is 12.3. The van der Waals surface area contributed by atoms with Crippen LogP contribution in [0.25, 0.3) is 0 Å². The van der Waals surface area contributed by atoms with Crippen LogP contribution in [0.2, 0.25) is 0 Å². The summed E-state index contributed by atoms with van der Waals surface area (Å²) in [6.45, 7) is 0.268. The van der Waals surface area contributed by atoms with Crippen LogP contribution < -0.4 is 5.32 Å². The molecule has 1 aliphatic rings. The van der Waals surface area contributed by atoms with E-state index in [2.05, 4.69) is 10.3 Å². The fourth-order valence-corrected chi connectivity index (χ4v) is 7.20. The molecule has 0 saturated carbocycles. The Kier molecular flexibility index (Phi) is 5.10. The monoisotopic (exact) mass is 394 g/mol. The average Bonchev–Trinajstić information content (AvgIpc) is 3.01. The number of carbonyl (C=O) groups is 1. The Morgan fingerprint density at radius 2 is 2.04 bits per heavy atom. The standard InChI is InChI=1S/C17H18N2O5S2/c20-17(19-11-13-3-2-7-18-10-13)14-4-1-5-15(9-14)26(23,24)16-6-8-25(21,22)12-16/h1-5,7,9-10,16H,6,8,11-12H2,(H,19,20)/t16-/m0/s1. The van der Waals surface area contributed by atoms with Crippen molar-refractivity contribution >= 4 is 25.6 Å². The van der Waals surface area contributed by atoms with Gasteiger partial charge in [0.1, 0.15) is 0 Å². The quantitative estimate of drug-likeness (QED) is 0.809. The van der Waals surface area contributed by atoms with Crippen LogP contribution in [0.15, 0.2) is 53.7 Å². The molecular weight excluding hydrogens is 376 g/mol. The second kappa shape index (κ2) is 7.16. The van der Waals surface area contributed by atoms with Crippen LogP contribution in [0.4, 0.5) is 0 Å². The number of amides is 1. The molecule has 3 rings (SSSR count). The first kappa shape index (κ1) is 18.5. The Hall–Kier alpha value is -2.26. The molecule has 1 N–H and O–H groups in total. The lowest BCUT2D eigenvalue weighted by molar-refractivity contribution is 0.0950. The van der Waals surface area contributed by atoms with Gasteiger partial charge in [-0.15, -0.1) is 0 Å². The largest absolute Gasteiger partial charge is 0.348 e. The Morgan fingerprint density at radius 3 is 2.69 bits per heavy atom. The number of aromatic nitrogens is 1. The van der Waals surface area contributed by atoms with E-state index in [0.717, 1.165) is 5.56 Å². The van der Waals surface area contributed by atoms with Gasteiger partial charge in [0.25, 0.3) is 5.91 Å². The summed E-state index contributed by atoms with van der Waals surface area (Å²) in [6.07, 6.45) is 3.34. The number of sulfone groups is 2. The van der Waals surface area contributed by atoms with Gasteiger partial charge in [0.15, 0.2) is 19.7 Å². The summed E-state index contributed by atoms with van der Waals surface area (Å²) >= 11 is 0. The lowest BCUT2D eigenvalue weighted by atomic mass is 10.2. The highest BCUT2D eigenvalue weighted by molar-refractivity contribution is 7.96. The minimum Gasteiger partial charge on any atom is -0.348 e. The zero-order valence-corrected chi connectivity index (χ0v) is 15.5. The number of hydrogen-bond acceptors (Lipinski definition) is 6. The van der Waals surface area contributed by atoms with E-state index < -0.39 is 30.8 Å². The van der Waals surface area contributed by atoms with Gasteiger partial charge in [0.2, 0.25) is 0 Å². The van der Waals surface area contributed by atoms with Crippen LogP contribution in [0.1, 0.15) is 22.3 Å². The van der Waals surface area contributed by atoms with E-state index in [1.165, 1.54) is 24.3 Å². The molecule has 1 fully saturated rings. The van der Waals surface area contributed by atoms with Gasteiger partial charge in [-0.25, -0.2) is 16.8 Å². The lowest BCUT2D eigenvalue weighted by Gasteiger charge is -2.11. The molecule has 1 atom stereocenters. The molecule has 26 heavy (non-hydrogen) atoms. The van der Waals surface area contributed by atoms with Gasteiger partial charge < -0.3 is 5.32 Å². The summed E-state index contributed by atoms with van der Waals surface area (Å²) in [5.74, 6) is -0.903. The molecule has 1 aromatic carbocycles. The maximum absolute atomic E-state index is 12.7. The summed E-state index contributed by atoms with van der Waals surface area (Å²) in [6, 6.07) is 9.24. The molecule has 138 valence electrons. The van der Waals surface area contributed by atoms with Crippen molar-refractivity contribution in [2.45, 2.75) is 23.1 Å². The summed E-state index contributed by atoms with van der Waals surface area (Å²) in [4.78, 5) is 16.2. The highest BCUT2D eigenvalue weighted by atomic mass is 32.2. The molecule has 0 unspecified atom stereocenters. The number of carbonyl (C=O) groups excluding carboxylic acids is 1. The average molecular weight is 394 g/mol. The summed E-state index contributed by atoms with van der Waals surface area (Å²) in [5, 5.41) is 1.75. The molecule has 0 spiro atoms. The minimum absolute atomic E-state index is 0.0337. The van der Waals surface area contributed by atoms with E-state index in [-0.39, 0.29) is 34.9 Å². The van der Waals surface area contributed by atoms with Crippen LogP contribution in [0, 0.1) is 0 Å². The molecule has 7 nitrogen and oxygen atoms in total. The van der Waals surface area contributed by atoms with Crippen LogP contribution in [0.5, 0.6) is 0 Å². The van der Waals surface area contributed by atoms with Crippen LogP contribution in [0.3, 0.4) is 0 Å². The maximum atomic E-state index is 12.7. The summed E-state index contributed by atoms with van der Waals surface area (Å²) < 4.78 is 48.5. The predicted molar refractivity (Wildman–Crippen MR) is 96.1 cm³/mol. The van der Waals surface area contributed by atoms with Crippen molar-refractivity contribution in [3.8, 4) is 0 Å². The van der Waals surface area contributed by atoms with Crippen molar-refractivity contribution in [3.05, 3.63) is 59.9 Å². The summed E-state index contributed by atoms with van der Waals surface area (Å²) in [5.41, 5.74) is 1.02. The third-order valence-corrected chi connectivity index (χ3v) is 8.40. The molecule has 2 aromatic rings. The third-order valence-electron chi connectivity index (χ3n) is 4.23. The number of nitrogens with one attached hydrogen (secondary N) is 1. The number of rotatable bonds is 5. The van der Waals surface area contributed by atoms with Crippen molar-refractivity contribution in [2.75, 3.05) is 11.5 Å². The van der Waals surface area contributed by atoms with Crippen molar-refractivity contribution < 1.29 is 21.6 Å². The molecule has 0 bridgehead atoms. The predicted octanol–water partition coefficient (Wildman–Crippen LogP) is 0.972. The molecule has 1 aliphatic heterocycles. The van der Waals surface area contributed by atoms with Gasteiger partial charge >= 0.3 is 0 Å². The van der Waals surface area contributed by atoms with Gasteiger partial charge in [0.05, 0.1) is 21.7 Å². The van der Waals surface area contributed by atoms with Crippen molar-refractivity contribution in [1.29, 1.82) is 0 Å². The van der Waals surface area contributed by atoms with Crippen molar-refractivity contribution in [1.82, 2.24) is 10.3 Å². The lowest BCUT2D eigenvalue weighted by Crippen LogP contribution is -2.25. The van der Waals surface area contributed by atoms with Gasteiger partial charge in [-0.2, -0.15) is 0 Å². The molecule has 0 aliphatic carbocycles. The molecule has 0 radical (unpaired) electrons. The third kappa shape index (κ3) is 4.10. The molecule has 2 heterocycles. The molecule has 1 amide bonds. The first-order valence-electron chi connectivity index (χ1n) is 7.99. The second-order valence-electron chi connectivity index (χ2n) is 6.14. The molecule has 9 heteroatoms. The van der Waals surface area contributed by atoms with Crippen molar-refractivity contribution in [2.24, 2.45) is 0 Å². The molecular formula is C17H18N2O5S2. The van der Waals surface area contributed by atoms with Gasteiger partial charge in [-0.1, -0.05) is 12.1 Å². The Balaban J connectivity index is 1.76. The van der Waals surface area contributed by atoms with E-state index >= 15 is 0 Å². The van der Waals surface area contributed by atoms with Crippen LogP contribution in [-0.4, -0.2) is 44.5 Å². The van der Waals surface area contributed by atoms with Gasteiger partial charge in [-0.05, 0) is 36.2 Å². The topological polar surface area (TPSA) is 110 Å². The van der Waals surface area contributed by atoms with E-state index in [4.69, 9.17) is 0 Å². The second-order valence-corrected chi connectivity index (χ2v) is 10.6. The van der Waals surface area contributed by atoms with Crippen LogP contribution >= 0.6 is 0 Å². The van der Waals surface area contributed by atoms with E-state index in [9.17, 15) is 21.6 Å². The van der Waals surface area contributed by atoms with Gasteiger partial charge in [-0.3, -0.25) is 9.78 Å². The highest BCUT2D eigenvalue weighted by Crippen LogP contribution is 2.25. The fourth-order valence-electron chi connectivity index (χ4n) is 2.80. The number of hydrogen-bond donors (Lipinski definition) is 1.